The Kier molecular flexibility index (Phi) is 6.09. The molecule has 1 aromatic rings. The maximum Gasteiger partial charge on any atom is 0.139 e. The number of aromatic nitrogens is 2. The van der Waals surface area contributed by atoms with E-state index in [-0.39, 0.29) is 0 Å². The lowest BCUT2D eigenvalue weighted by Gasteiger charge is -2.05. The van der Waals surface area contributed by atoms with Gasteiger partial charge in [-0.25, -0.2) is 0 Å². The Morgan fingerprint density at radius 1 is 1.53 bits per heavy atom. The molecule has 6 heteroatoms. The Bertz CT molecular complexity index is 347. The molecule has 6 nitrogen and oxygen atoms in total. The predicted molar refractivity (Wildman–Crippen MR) is 67.0 cm³/mol. The number of hydrogen-bond acceptors (Lipinski definition) is 4. The first-order valence-corrected chi connectivity index (χ1v) is 5.88. The second-order valence-electron chi connectivity index (χ2n) is 3.99. The molecule has 0 fully saturated rings. The summed E-state index contributed by atoms with van der Waals surface area (Å²) in [4.78, 5) is 0. The average Bonchev–Trinajstić information content (AvgIpc) is 2.73. The van der Waals surface area contributed by atoms with Gasteiger partial charge in [0.25, 0.3) is 0 Å². The first-order chi connectivity index (χ1) is 8.24. The van der Waals surface area contributed by atoms with E-state index in [0.29, 0.717) is 12.3 Å². The first kappa shape index (κ1) is 13.5. The van der Waals surface area contributed by atoms with Gasteiger partial charge in [0.1, 0.15) is 5.84 Å². The molecule has 0 saturated heterocycles. The van der Waals surface area contributed by atoms with Crippen LogP contribution >= 0.6 is 0 Å². The van der Waals surface area contributed by atoms with Crippen molar-refractivity contribution in [3.05, 3.63) is 18.0 Å². The standard InChI is InChI=1S/C11H21N5O/c1-16-10(6-9-14-16)5-8-13-7-3-2-4-11(12)15-17/h6,9,13,17H,2-5,7-8H2,1H3,(H2,12,15). The van der Waals surface area contributed by atoms with Crippen LogP contribution in [0.2, 0.25) is 0 Å². The molecule has 0 radical (unpaired) electrons. The van der Waals surface area contributed by atoms with Gasteiger partial charge in [-0.05, 0) is 25.5 Å². The number of aryl methyl sites for hydroxylation is 1. The number of rotatable bonds is 8. The van der Waals surface area contributed by atoms with Gasteiger partial charge in [-0.1, -0.05) is 5.16 Å². The minimum atomic E-state index is 0.305. The van der Waals surface area contributed by atoms with Crippen LogP contribution in [0.25, 0.3) is 0 Å². The fourth-order valence-corrected chi connectivity index (χ4v) is 1.59. The van der Waals surface area contributed by atoms with Gasteiger partial charge in [0.2, 0.25) is 0 Å². The van der Waals surface area contributed by atoms with Crippen LogP contribution < -0.4 is 11.1 Å². The van der Waals surface area contributed by atoms with E-state index in [9.17, 15) is 0 Å². The molecule has 0 aliphatic rings. The maximum absolute atomic E-state index is 8.35. The Balaban J connectivity index is 1.97. The van der Waals surface area contributed by atoms with E-state index in [1.165, 1.54) is 5.69 Å². The quantitative estimate of drug-likeness (QED) is 0.202. The topological polar surface area (TPSA) is 88.5 Å². The number of nitrogens with zero attached hydrogens (tertiary/aromatic N) is 3. The largest absolute Gasteiger partial charge is 0.409 e. The minimum absolute atomic E-state index is 0.305. The smallest absolute Gasteiger partial charge is 0.139 e. The summed E-state index contributed by atoms with van der Waals surface area (Å²) in [6.07, 6.45) is 5.42. The molecule has 1 heterocycles. The van der Waals surface area contributed by atoms with Gasteiger partial charge < -0.3 is 16.3 Å². The molecule has 1 aromatic heterocycles. The van der Waals surface area contributed by atoms with Gasteiger partial charge in [0.15, 0.2) is 0 Å². The van der Waals surface area contributed by atoms with Crippen molar-refractivity contribution in [1.82, 2.24) is 15.1 Å². The molecule has 0 bridgehead atoms. The summed E-state index contributed by atoms with van der Waals surface area (Å²) >= 11 is 0. The highest BCUT2D eigenvalue weighted by Crippen LogP contribution is 1.97. The van der Waals surface area contributed by atoms with Crippen molar-refractivity contribution >= 4 is 5.84 Å². The van der Waals surface area contributed by atoms with Crippen molar-refractivity contribution in [2.45, 2.75) is 25.7 Å². The van der Waals surface area contributed by atoms with Gasteiger partial charge in [-0.15, -0.1) is 0 Å². The highest BCUT2D eigenvalue weighted by atomic mass is 16.4. The van der Waals surface area contributed by atoms with Crippen LogP contribution in [0.3, 0.4) is 0 Å². The van der Waals surface area contributed by atoms with Gasteiger partial charge in [0.05, 0.1) is 0 Å². The van der Waals surface area contributed by atoms with E-state index in [1.54, 1.807) is 0 Å². The predicted octanol–water partition coefficient (Wildman–Crippen LogP) is 0.469. The average molecular weight is 239 g/mol. The number of unbranched alkanes of at least 4 members (excludes halogenated alkanes) is 1. The zero-order valence-corrected chi connectivity index (χ0v) is 10.3. The SMILES string of the molecule is Cn1nccc1CCNCCCC/C(N)=N/O. The zero-order valence-electron chi connectivity index (χ0n) is 10.3. The molecule has 0 aromatic carbocycles. The monoisotopic (exact) mass is 239 g/mol. The Morgan fingerprint density at radius 2 is 2.35 bits per heavy atom. The second-order valence-corrected chi connectivity index (χ2v) is 3.99. The van der Waals surface area contributed by atoms with Crippen molar-refractivity contribution in [2.24, 2.45) is 17.9 Å². The molecule has 17 heavy (non-hydrogen) atoms. The fraction of sp³-hybridized carbons (Fsp3) is 0.636. The van der Waals surface area contributed by atoms with Gasteiger partial charge in [-0.3, -0.25) is 4.68 Å². The molecule has 0 atom stereocenters. The number of nitrogens with two attached hydrogens (primary N) is 1. The van der Waals surface area contributed by atoms with Crippen LogP contribution in [0.15, 0.2) is 17.4 Å². The molecular formula is C11H21N5O. The zero-order chi connectivity index (χ0) is 12.5. The van der Waals surface area contributed by atoms with E-state index in [4.69, 9.17) is 10.9 Å². The lowest BCUT2D eigenvalue weighted by Crippen LogP contribution is -2.20. The third-order valence-electron chi connectivity index (χ3n) is 2.65. The second kappa shape index (κ2) is 7.67. The molecule has 4 N–H and O–H groups in total. The van der Waals surface area contributed by atoms with E-state index in [1.807, 2.05) is 24.0 Å². The van der Waals surface area contributed by atoms with Crippen LogP contribution in [0.5, 0.6) is 0 Å². The lowest BCUT2D eigenvalue weighted by molar-refractivity contribution is 0.316. The molecule has 0 aliphatic heterocycles. The normalized spacial score (nSPS) is 11.9. The number of oxime groups is 1. The van der Waals surface area contributed by atoms with Crippen molar-refractivity contribution in [1.29, 1.82) is 0 Å². The van der Waals surface area contributed by atoms with Crippen molar-refractivity contribution < 1.29 is 5.21 Å². The summed E-state index contributed by atoms with van der Waals surface area (Å²) in [6.45, 7) is 1.90. The molecule has 0 spiro atoms. The van der Waals surface area contributed by atoms with E-state index < -0.39 is 0 Å². The summed E-state index contributed by atoms with van der Waals surface area (Å²) < 4.78 is 1.89. The third kappa shape index (κ3) is 5.35. The fourth-order valence-electron chi connectivity index (χ4n) is 1.59. The van der Waals surface area contributed by atoms with Crippen molar-refractivity contribution in [3.63, 3.8) is 0 Å². The van der Waals surface area contributed by atoms with Gasteiger partial charge in [0, 0.05) is 38.3 Å². The summed E-state index contributed by atoms with van der Waals surface area (Å²) in [5.41, 5.74) is 6.60. The molecule has 0 amide bonds. The summed E-state index contributed by atoms with van der Waals surface area (Å²) in [7, 11) is 1.95. The van der Waals surface area contributed by atoms with Crippen LogP contribution in [0.4, 0.5) is 0 Å². The summed E-state index contributed by atoms with van der Waals surface area (Å²) in [5, 5.41) is 18.7. The number of amidine groups is 1. The van der Waals surface area contributed by atoms with Crippen molar-refractivity contribution in [3.8, 4) is 0 Å². The Morgan fingerprint density at radius 3 is 3.00 bits per heavy atom. The molecule has 1 rings (SSSR count). The molecular weight excluding hydrogens is 218 g/mol. The maximum atomic E-state index is 8.35. The highest BCUT2D eigenvalue weighted by molar-refractivity contribution is 5.79. The molecule has 96 valence electrons. The van der Waals surface area contributed by atoms with E-state index in [2.05, 4.69) is 15.6 Å². The Labute approximate surface area is 101 Å². The minimum Gasteiger partial charge on any atom is -0.409 e. The first-order valence-electron chi connectivity index (χ1n) is 5.88. The number of nitrogens with one attached hydrogen (secondary N) is 1. The van der Waals surface area contributed by atoms with Crippen molar-refractivity contribution in [2.75, 3.05) is 13.1 Å². The molecule has 0 aliphatic carbocycles. The summed E-state index contributed by atoms with van der Waals surface area (Å²) in [5.74, 6) is 0.305. The van der Waals surface area contributed by atoms with Gasteiger partial charge >= 0.3 is 0 Å². The van der Waals surface area contributed by atoms with Crippen LogP contribution in [-0.4, -0.2) is 33.9 Å². The summed E-state index contributed by atoms with van der Waals surface area (Å²) in [6, 6.07) is 2.03. The van der Waals surface area contributed by atoms with Crippen LogP contribution in [0, 0.1) is 0 Å². The number of hydrogen-bond donors (Lipinski definition) is 3. The molecule has 0 unspecified atom stereocenters. The third-order valence-corrected chi connectivity index (χ3v) is 2.65. The highest BCUT2D eigenvalue weighted by Gasteiger charge is 1.97. The van der Waals surface area contributed by atoms with E-state index in [0.717, 1.165) is 32.4 Å². The molecule has 0 saturated carbocycles. The van der Waals surface area contributed by atoms with Crippen LogP contribution in [-0.2, 0) is 13.5 Å². The van der Waals surface area contributed by atoms with Gasteiger partial charge in [-0.2, -0.15) is 5.10 Å². The van der Waals surface area contributed by atoms with E-state index >= 15 is 0 Å². The lowest BCUT2D eigenvalue weighted by atomic mass is 10.2. The Hall–Kier alpha value is -1.56. The van der Waals surface area contributed by atoms with Crippen LogP contribution in [0.1, 0.15) is 25.0 Å².